The van der Waals surface area contributed by atoms with E-state index >= 15 is 0 Å². The molecular weight excluding hydrogens is 420 g/mol. The molecule has 0 fully saturated rings. The Morgan fingerprint density at radius 2 is 1.90 bits per heavy atom. The third-order valence-electron chi connectivity index (χ3n) is 4.29. The van der Waals surface area contributed by atoms with Gasteiger partial charge in [0.2, 0.25) is 5.91 Å². The Morgan fingerprint density at radius 1 is 1.13 bits per heavy atom. The standard InChI is InChI=1S/C21H16N4O3S2/c1-27-16-8-12-7-13(10-22)20(23-15(12)9-17(16)28-2)29-11-19(26)25-21-24-14-5-3-4-6-18(14)30-21/h3-9H,11H2,1-2H3,(H,24,25,26). The summed E-state index contributed by atoms with van der Waals surface area (Å²) in [5.74, 6) is 1.01. The second-order valence-electron chi connectivity index (χ2n) is 6.18. The molecule has 1 N–H and O–H groups in total. The van der Waals surface area contributed by atoms with Crippen molar-refractivity contribution in [1.82, 2.24) is 9.97 Å². The molecule has 30 heavy (non-hydrogen) atoms. The molecule has 4 aromatic rings. The average molecular weight is 437 g/mol. The van der Waals surface area contributed by atoms with Gasteiger partial charge in [-0.2, -0.15) is 5.26 Å². The molecule has 0 radical (unpaired) electrons. The van der Waals surface area contributed by atoms with E-state index in [9.17, 15) is 10.1 Å². The molecule has 4 rings (SSSR count). The van der Waals surface area contributed by atoms with Crippen LogP contribution in [0.1, 0.15) is 5.56 Å². The average Bonchev–Trinajstić information content (AvgIpc) is 3.18. The third kappa shape index (κ3) is 4.01. The van der Waals surface area contributed by atoms with Gasteiger partial charge in [0.25, 0.3) is 0 Å². The molecule has 0 saturated carbocycles. The largest absolute Gasteiger partial charge is 0.493 e. The summed E-state index contributed by atoms with van der Waals surface area (Å²) in [6.45, 7) is 0. The molecule has 0 spiro atoms. The van der Waals surface area contributed by atoms with Crippen molar-refractivity contribution in [2.24, 2.45) is 0 Å². The topological polar surface area (TPSA) is 97.1 Å². The first-order valence-electron chi connectivity index (χ1n) is 8.86. The number of amides is 1. The lowest BCUT2D eigenvalue weighted by Gasteiger charge is -2.10. The Labute approximate surface area is 180 Å². The van der Waals surface area contributed by atoms with Crippen molar-refractivity contribution >= 4 is 55.3 Å². The Hall–Kier alpha value is -3.35. The number of methoxy groups -OCH3 is 2. The molecule has 0 aliphatic heterocycles. The third-order valence-corrected chi connectivity index (χ3v) is 6.23. The lowest BCUT2D eigenvalue weighted by Crippen LogP contribution is -2.14. The fourth-order valence-electron chi connectivity index (χ4n) is 2.89. The van der Waals surface area contributed by atoms with Gasteiger partial charge in [-0.1, -0.05) is 35.2 Å². The van der Waals surface area contributed by atoms with Crippen LogP contribution in [0.25, 0.3) is 21.1 Å². The van der Waals surface area contributed by atoms with Crippen LogP contribution >= 0.6 is 23.1 Å². The van der Waals surface area contributed by atoms with Gasteiger partial charge in [0, 0.05) is 11.5 Å². The Bertz CT molecular complexity index is 1260. The summed E-state index contributed by atoms with van der Waals surface area (Å²) < 4.78 is 11.6. The number of thioether (sulfide) groups is 1. The monoisotopic (exact) mass is 436 g/mol. The number of nitrogens with zero attached hydrogens (tertiary/aromatic N) is 3. The highest BCUT2D eigenvalue weighted by molar-refractivity contribution is 8.00. The quantitative estimate of drug-likeness (QED) is 0.446. The van der Waals surface area contributed by atoms with Crippen LogP contribution in [0, 0.1) is 11.3 Å². The molecule has 0 aliphatic carbocycles. The highest BCUT2D eigenvalue weighted by Crippen LogP contribution is 2.34. The fraction of sp³-hybridized carbons (Fsp3) is 0.143. The number of hydrogen-bond acceptors (Lipinski definition) is 8. The molecule has 0 saturated heterocycles. The van der Waals surface area contributed by atoms with Crippen LogP contribution in [0.5, 0.6) is 11.5 Å². The number of pyridine rings is 1. The maximum Gasteiger partial charge on any atom is 0.236 e. The predicted octanol–water partition coefficient (Wildman–Crippen LogP) is 4.46. The maximum atomic E-state index is 12.4. The van der Waals surface area contributed by atoms with Crippen LogP contribution in [-0.4, -0.2) is 35.8 Å². The Morgan fingerprint density at radius 3 is 2.63 bits per heavy atom. The molecule has 9 heteroatoms. The van der Waals surface area contributed by atoms with Crippen molar-refractivity contribution in [3.05, 3.63) is 48.0 Å². The van der Waals surface area contributed by atoms with E-state index in [4.69, 9.17) is 9.47 Å². The molecule has 0 bridgehead atoms. The van der Waals surface area contributed by atoms with Gasteiger partial charge in [-0.3, -0.25) is 4.79 Å². The molecule has 1 amide bonds. The van der Waals surface area contributed by atoms with Crippen molar-refractivity contribution in [3.8, 4) is 17.6 Å². The van der Waals surface area contributed by atoms with Crippen LogP contribution in [0.4, 0.5) is 5.13 Å². The zero-order chi connectivity index (χ0) is 21.1. The Balaban J connectivity index is 1.53. The molecular formula is C21H16N4O3S2. The second kappa shape index (κ2) is 8.57. The van der Waals surface area contributed by atoms with E-state index in [-0.39, 0.29) is 11.7 Å². The van der Waals surface area contributed by atoms with Gasteiger partial charge in [-0.25, -0.2) is 9.97 Å². The summed E-state index contributed by atoms with van der Waals surface area (Å²) >= 11 is 2.62. The lowest BCUT2D eigenvalue weighted by molar-refractivity contribution is -0.113. The van der Waals surface area contributed by atoms with E-state index in [0.717, 1.165) is 15.6 Å². The fourth-order valence-corrected chi connectivity index (χ4v) is 4.53. The van der Waals surface area contributed by atoms with Gasteiger partial charge >= 0.3 is 0 Å². The number of aromatic nitrogens is 2. The van der Waals surface area contributed by atoms with Crippen LogP contribution < -0.4 is 14.8 Å². The van der Waals surface area contributed by atoms with Crippen molar-refractivity contribution < 1.29 is 14.3 Å². The molecule has 0 aliphatic rings. The van der Waals surface area contributed by atoms with Gasteiger partial charge in [0.05, 0.1) is 41.3 Å². The number of fused-ring (bicyclic) bond motifs is 2. The number of carbonyl (C=O) groups excluding carboxylic acids is 1. The van der Waals surface area contributed by atoms with Crippen molar-refractivity contribution in [2.75, 3.05) is 25.3 Å². The molecule has 0 unspecified atom stereocenters. The molecule has 2 heterocycles. The number of carbonyl (C=O) groups is 1. The molecule has 2 aromatic carbocycles. The molecule has 2 aromatic heterocycles. The SMILES string of the molecule is COc1cc2cc(C#N)c(SCC(=O)Nc3nc4ccccc4s3)nc2cc1OC. The Kier molecular flexibility index (Phi) is 5.70. The minimum Gasteiger partial charge on any atom is -0.493 e. The zero-order valence-electron chi connectivity index (χ0n) is 16.1. The number of thiazole rings is 1. The van der Waals surface area contributed by atoms with Crippen molar-refractivity contribution in [3.63, 3.8) is 0 Å². The van der Waals surface area contributed by atoms with E-state index in [0.29, 0.717) is 32.7 Å². The van der Waals surface area contributed by atoms with E-state index in [1.165, 1.54) is 23.1 Å². The first-order valence-corrected chi connectivity index (χ1v) is 10.7. The number of benzene rings is 2. The van der Waals surface area contributed by atoms with Gasteiger partial charge in [-0.05, 0) is 24.3 Å². The number of ether oxygens (including phenoxy) is 2. The summed E-state index contributed by atoms with van der Waals surface area (Å²) in [7, 11) is 3.10. The van der Waals surface area contributed by atoms with Gasteiger partial charge in [0.15, 0.2) is 16.6 Å². The number of para-hydroxylation sites is 1. The maximum absolute atomic E-state index is 12.4. The number of hydrogen-bond donors (Lipinski definition) is 1. The second-order valence-corrected chi connectivity index (χ2v) is 8.17. The first kappa shape index (κ1) is 19.9. The minimum atomic E-state index is -0.211. The number of rotatable bonds is 6. The smallest absolute Gasteiger partial charge is 0.236 e. The molecule has 7 nitrogen and oxygen atoms in total. The van der Waals surface area contributed by atoms with E-state index in [1.807, 2.05) is 24.3 Å². The summed E-state index contributed by atoms with van der Waals surface area (Å²) in [4.78, 5) is 21.4. The summed E-state index contributed by atoms with van der Waals surface area (Å²) in [5, 5.41) is 14.1. The molecule has 150 valence electrons. The van der Waals surface area contributed by atoms with Gasteiger partial charge < -0.3 is 14.8 Å². The normalized spacial score (nSPS) is 10.7. The summed E-state index contributed by atoms with van der Waals surface area (Å²) in [5.41, 5.74) is 1.89. The predicted molar refractivity (Wildman–Crippen MR) is 119 cm³/mol. The first-order chi connectivity index (χ1) is 14.6. The van der Waals surface area contributed by atoms with Gasteiger partial charge in [-0.15, -0.1) is 0 Å². The lowest BCUT2D eigenvalue weighted by atomic mass is 10.1. The van der Waals surface area contributed by atoms with E-state index < -0.39 is 0 Å². The van der Waals surface area contributed by atoms with Crippen LogP contribution in [-0.2, 0) is 4.79 Å². The minimum absolute atomic E-state index is 0.108. The number of anilines is 1. The van der Waals surface area contributed by atoms with Gasteiger partial charge in [0.1, 0.15) is 11.1 Å². The zero-order valence-corrected chi connectivity index (χ0v) is 17.8. The number of nitrogens with one attached hydrogen (secondary N) is 1. The van der Waals surface area contributed by atoms with E-state index in [2.05, 4.69) is 21.4 Å². The summed E-state index contributed by atoms with van der Waals surface area (Å²) in [6.07, 6.45) is 0. The van der Waals surface area contributed by atoms with Crippen LogP contribution in [0.3, 0.4) is 0 Å². The van der Waals surface area contributed by atoms with E-state index in [1.54, 1.807) is 32.4 Å². The van der Waals surface area contributed by atoms with Crippen LogP contribution in [0.2, 0.25) is 0 Å². The highest BCUT2D eigenvalue weighted by atomic mass is 32.2. The van der Waals surface area contributed by atoms with Crippen LogP contribution in [0.15, 0.2) is 47.5 Å². The molecule has 0 atom stereocenters. The van der Waals surface area contributed by atoms with Crippen molar-refractivity contribution in [1.29, 1.82) is 5.26 Å². The summed E-state index contributed by atoms with van der Waals surface area (Å²) in [6, 6.07) is 15.1. The number of nitriles is 1. The highest BCUT2D eigenvalue weighted by Gasteiger charge is 2.14. The van der Waals surface area contributed by atoms with Crippen molar-refractivity contribution in [2.45, 2.75) is 5.03 Å².